The van der Waals surface area contributed by atoms with Gasteiger partial charge in [0.2, 0.25) is 0 Å². The largest absolute Gasteiger partial charge is 0.524 e. The van der Waals surface area contributed by atoms with Crippen LogP contribution in [0.4, 0.5) is 13.2 Å². The average molecular weight is 154 g/mol. The molecule has 0 aromatic heterocycles. The van der Waals surface area contributed by atoms with Crippen LogP contribution in [0.3, 0.4) is 0 Å². The van der Waals surface area contributed by atoms with Gasteiger partial charge in [0.05, 0.1) is 0 Å². The number of halogens is 3. The predicted molar refractivity (Wildman–Crippen MR) is 23.0 cm³/mol. The number of rotatable bonds is 1. The summed E-state index contributed by atoms with van der Waals surface area (Å²) in [6, 6.07) is 0. The summed E-state index contributed by atoms with van der Waals surface area (Å²) in [6.07, 6.45) is -2.91. The van der Waals surface area contributed by atoms with Gasteiger partial charge in [-0.1, -0.05) is 0 Å². The summed E-state index contributed by atoms with van der Waals surface area (Å²) < 4.78 is 37.5. The minimum absolute atomic E-state index is 0.980. The third-order valence-corrected chi connectivity index (χ3v) is 0.714. The molecule has 1 unspecified atom stereocenters. The van der Waals surface area contributed by atoms with Crippen LogP contribution in [0.1, 0.15) is 0 Å². The normalized spacial score (nSPS) is 24.9. The van der Waals surface area contributed by atoms with Crippen LogP contribution < -0.4 is 5.48 Å². The first-order valence-electron chi connectivity index (χ1n) is 2.33. The van der Waals surface area contributed by atoms with Crippen LogP contribution in [0.5, 0.6) is 0 Å². The Morgan fingerprint density at radius 1 is 1.60 bits per heavy atom. The maximum absolute atomic E-state index is 11.3. The van der Waals surface area contributed by atoms with Crippen LogP contribution >= 0.6 is 0 Å². The highest BCUT2D eigenvalue weighted by Gasteiger charge is 2.34. The molecule has 1 heterocycles. The maximum Gasteiger partial charge on any atom is 0.524 e. The van der Waals surface area contributed by atoms with Gasteiger partial charge in [0.25, 0.3) is 0 Å². The van der Waals surface area contributed by atoms with Crippen LogP contribution in [0.2, 0.25) is 0 Å². The Morgan fingerprint density at radius 2 is 2.30 bits per heavy atom. The Balaban J connectivity index is 2.31. The standard InChI is InChI=1S/C4H3F3NO2/c5-4(6,7)10-3-1-2-9-8-3/h1,3,8H. The fourth-order valence-corrected chi connectivity index (χ4v) is 0.424. The van der Waals surface area contributed by atoms with Crippen molar-refractivity contribution in [2.45, 2.75) is 12.6 Å². The topological polar surface area (TPSA) is 30.5 Å². The number of hydrogen-bond acceptors (Lipinski definition) is 3. The Morgan fingerprint density at radius 3 is 2.70 bits per heavy atom. The maximum atomic E-state index is 11.3. The summed E-state index contributed by atoms with van der Waals surface area (Å²) in [4.78, 5) is 4.12. The molecule has 1 aliphatic heterocycles. The molecule has 57 valence electrons. The smallest absolute Gasteiger partial charge is 0.402 e. The fraction of sp³-hybridized carbons (Fsp3) is 0.500. The van der Waals surface area contributed by atoms with E-state index in [9.17, 15) is 13.2 Å². The van der Waals surface area contributed by atoms with Gasteiger partial charge < -0.3 is 4.84 Å². The molecule has 10 heavy (non-hydrogen) atoms. The van der Waals surface area contributed by atoms with E-state index in [2.05, 4.69) is 9.57 Å². The van der Waals surface area contributed by atoms with E-state index < -0.39 is 12.6 Å². The number of alkyl halides is 3. The van der Waals surface area contributed by atoms with Crippen molar-refractivity contribution < 1.29 is 22.7 Å². The number of hydroxylamine groups is 1. The summed E-state index contributed by atoms with van der Waals surface area (Å²) in [5.41, 5.74) is 1.90. The zero-order chi connectivity index (χ0) is 7.61. The van der Waals surface area contributed by atoms with Gasteiger partial charge in [-0.05, 0) is 0 Å². The molecule has 0 saturated carbocycles. The average Bonchev–Trinajstić information content (AvgIpc) is 2.12. The Labute approximate surface area is 54.4 Å². The molecule has 6 heteroatoms. The molecule has 0 spiro atoms. The lowest BCUT2D eigenvalue weighted by atomic mass is 10.6. The minimum Gasteiger partial charge on any atom is -0.402 e. The van der Waals surface area contributed by atoms with Crippen molar-refractivity contribution in [1.82, 2.24) is 5.48 Å². The highest BCUT2D eigenvalue weighted by Crippen LogP contribution is 2.19. The molecule has 0 amide bonds. The van der Waals surface area contributed by atoms with Gasteiger partial charge in [-0.3, -0.25) is 4.74 Å². The van der Waals surface area contributed by atoms with Gasteiger partial charge in [-0.25, -0.2) is 0 Å². The van der Waals surface area contributed by atoms with E-state index in [0.29, 0.717) is 0 Å². The van der Waals surface area contributed by atoms with Crippen molar-refractivity contribution in [2.24, 2.45) is 0 Å². The van der Waals surface area contributed by atoms with Crippen molar-refractivity contribution in [3.05, 3.63) is 12.3 Å². The first-order valence-corrected chi connectivity index (χ1v) is 2.33. The van der Waals surface area contributed by atoms with E-state index in [-0.39, 0.29) is 0 Å². The quantitative estimate of drug-likeness (QED) is 0.603. The molecule has 0 fully saturated rings. The first kappa shape index (κ1) is 7.36. The molecule has 1 aliphatic rings. The van der Waals surface area contributed by atoms with E-state index >= 15 is 0 Å². The van der Waals surface area contributed by atoms with Crippen molar-refractivity contribution in [3.8, 4) is 0 Å². The molecule has 0 saturated heterocycles. The zero-order valence-corrected chi connectivity index (χ0v) is 4.61. The molecular weight excluding hydrogens is 151 g/mol. The molecule has 0 aliphatic carbocycles. The molecule has 3 nitrogen and oxygen atoms in total. The molecule has 1 atom stereocenters. The molecule has 0 bridgehead atoms. The highest BCUT2D eigenvalue weighted by molar-refractivity contribution is 4.80. The highest BCUT2D eigenvalue weighted by atomic mass is 19.4. The zero-order valence-electron chi connectivity index (χ0n) is 4.61. The van der Waals surface area contributed by atoms with E-state index in [1.54, 1.807) is 0 Å². The van der Waals surface area contributed by atoms with Crippen LogP contribution in [-0.2, 0) is 9.57 Å². The molecule has 0 aromatic rings. The summed E-state index contributed by atoms with van der Waals surface area (Å²) in [5.74, 6) is 0. The van der Waals surface area contributed by atoms with Crippen LogP contribution in [0, 0.1) is 6.26 Å². The van der Waals surface area contributed by atoms with Crippen LogP contribution in [-0.4, -0.2) is 12.6 Å². The van der Waals surface area contributed by atoms with Gasteiger partial charge in [0.1, 0.15) is 0 Å². The summed E-state index contributed by atoms with van der Waals surface area (Å²) in [5, 5.41) is 0. The first-order chi connectivity index (χ1) is 4.58. The third kappa shape index (κ3) is 2.24. The molecule has 1 rings (SSSR count). The van der Waals surface area contributed by atoms with Gasteiger partial charge >= 0.3 is 6.36 Å². The minimum atomic E-state index is -4.65. The van der Waals surface area contributed by atoms with Gasteiger partial charge in [0.15, 0.2) is 12.5 Å². The molecular formula is C4H3F3NO2. The Kier molecular flexibility index (Phi) is 1.82. The summed E-state index contributed by atoms with van der Waals surface area (Å²) >= 11 is 0. The molecule has 1 N–H and O–H groups in total. The molecule has 1 radical (unpaired) electrons. The Bertz CT molecular complexity index is 144. The van der Waals surface area contributed by atoms with Crippen LogP contribution in [0.25, 0.3) is 0 Å². The second kappa shape index (κ2) is 2.47. The number of hydrogen-bond donors (Lipinski definition) is 1. The van der Waals surface area contributed by atoms with Crippen molar-refractivity contribution in [1.29, 1.82) is 0 Å². The monoisotopic (exact) mass is 154 g/mol. The van der Waals surface area contributed by atoms with E-state index in [0.717, 1.165) is 6.08 Å². The van der Waals surface area contributed by atoms with Gasteiger partial charge in [-0.2, -0.15) is 0 Å². The van der Waals surface area contributed by atoms with E-state index in [1.807, 2.05) is 11.7 Å². The van der Waals surface area contributed by atoms with E-state index in [4.69, 9.17) is 0 Å². The van der Waals surface area contributed by atoms with Crippen molar-refractivity contribution >= 4 is 0 Å². The Hall–Kier alpha value is -0.750. The molecule has 0 aromatic carbocycles. The van der Waals surface area contributed by atoms with E-state index in [1.165, 1.54) is 0 Å². The second-order valence-corrected chi connectivity index (χ2v) is 1.49. The number of ether oxygens (including phenoxy) is 1. The van der Waals surface area contributed by atoms with Crippen molar-refractivity contribution in [2.75, 3.05) is 0 Å². The van der Waals surface area contributed by atoms with Gasteiger partial charge in [0, 0.05) is 6.08 Å². The van der Waals surface area contributed by atoms with Gasteiger partial charge in [-0.15, -0.1) is 18.7 Å². The predicted octanol–water partition coefficient (Wildman–Crippen LogP) is 0.701. The SMILES string of the molecule is FC(F)(F)OC1C=[C]ON1. The fourth-order valence-electron chi connectivity index (χ4n) is 0.424. The second-order valence-electron chi connectivity index (χ2n) is 1.49. The lowest BCUT2D eigenvalue weighted by Crippen LogP contribution is -2.30. The lowest BCUT2D eigenvalue weighted by Gasteiger charge is -2.10. The third-order valence-electron chi connectivity index (χ3n) is 0.714. The summed E-state index contributed by atoms with van der Waals surface area (Å²) in [6.45, 7) is 0. The van der Waals surface area contributed by atoms with Crippen molar-refractivity contribution in [3.63, 3.8) is 0 Å². The summed E-state index contributed by atoms with van der Waals surface area (Å²) in [7, 11) is 0. The van der Waals surface area contributed by atoms with Crippen LogP contribution in [0.15, 0.2) is 6.08 Å². The lowest BCUT2D eigenvalue weighted by molar-refractivity contribution is -0.344. The number of nitrogens with one attached hydrogen (secondary N) is 1.